The first kappa shape index (κ1) is 87.8. The van der Waals surface area contributed by atoms with Crippen molar-refractivity contribution in [3.05, 3.63) is 0 Å². The number of hydrogen-bond donors (Lipinski definition) is 26. The predicted octanol–water partition coefficient (Wildman–Crippen LogP) is -15.3. The smallest absolute Gasteiger partial charge is 0.364 e. The summed E-state index contributed by atoms with van der Waals surface area (Å²) in [7, 11) is 0. The van der Waals surface area contributed by atoms with E-state index in [1.807, 2.05) is 0 Å². The lowest BCUT2D eigenvalue weighted by Gasteiger charge is -2.51. The van der Waals surface area contributed by atoms with E-state index >= 15 is 0 Å². The van der Waals surface area contributed by atoms with Gasteiger partial charge in [-0.15, -0.1) is 0 Å². The highest BCUT2D eigenvalue weighted by Gasteiger charge is 2.62. The van der Waals surface area contributed by atoms with Gasteiger partial charge >= 0.3 is 5.97 Å². The average molecular weight is 1550 g/mol. The maximum absolute atomic E-state index is 13.0. The number of aliphatic carboxylic acids is 1. The van der Waals surface area contributed by atoms with Crippen molar-refractivity contribution in [2.45, 2.75) is 298 Å². The van der Waals surface area contributed by atoms with Crippen LogP contribution in [-0.2, 0) is 85.3 Å². The topological polar surface area (TPSA) is 706 Å². The third-order valence-corrected chi connectivity index (χ3v) is 21.5. The Morgan fingerprint density at radius 1 is 0.387 bits per heavy atom. The first-order chi connectivity index (χ1) is 50.1. The molecule has 9 fully saturated rings. The molecule has 0 bridgehead atoms. The van der Waals surface area contributed by atoms with Crippen molar-refractivity contribution in [2.24, 2.45) is 29.4 Å². The molecule has 44 nitrogen and oxygen atoms in total. The van der Waals surface area contributed by atoms with E-state index in [4.69, 9.17) is 86.3 Å². The van der Waals surface area contributed by atoms with Crippen LogP contribution in [0, 0.1) is 23.7 Å². The van der Waals surface area contributed by atoms with Crippen LogP contribution in [0.5, 0.6) is 0 Å². The number of nitrogens with two attached hydrogens (primary N) is 1. The Morgan fingerprint density at radius 2 is 0.736 bits per heavy atom. The highest BCUT2D eigenvalue weighted by atomic mass is 16.8. The molecule has 9 saturated heterocycles. The van der Waals surface area contributed by atoms with Crippen molar-refractivity contribution >= 4 is 5.97 Å². The van der Waals surface area contributed by atoms with Gasteiger partial charge in [-0.2, -0.15) is 0 Å². The van der Waals surface area contributed by atoms with Crippen LogP contribution in [0.4, 0.5) is 0 Å². The molecule has 44 heteroatoms. The molecule has 9 rings (SSSR count). The van der Waals surface area contributed by atoms with E-state index in [0.29, 0.717) is 0 Å². The number of carbonyl (C=O) groups is 1. The summed E-state index contributed by atoms with van der Waals surface area (Å²) in [6.07, 6.45) is -75.2. The van der Waals surface area contributed by atoms with E-state index < -0.39 is 353 Å². The number of aliphatic hydroxyl groups is 24. The summed E-state index contributed by atoms with van der Waals surface area (Å²) in [4.78, 5) is 13.0. The standard InChI is InChI=1S/C62H107NO43/c1-16-20(5)91-27(12-69)46(33(16)75)99-55-18(3)34(76)47(28(13-70)96-55)100-57-44(86)50(102-60-53(43(85)39(81)25(10-67)95-60)104-54-17(2)32(74)37(79)23(8-65)92-54)41(83)30(98-57)15-90-59-52(42(84)38(80)24(9-66)94-59)103-56-19(4)35(77)48(29(14-71)97-56)101-58-45(87)51(40(82)26(11-68)93-58)106-62(61(88)89)6-21(72)31(63)49(105-62)36(78)22(73)7-64/h16-60,64-87H,6-15,63H2,1-5H3,(H,88,89)/t16-,17+,18+,19?,20+,21-,22-,23?,24?,25-,26?,27?,28?,29+,30?,31-,32?,33?,34?,35?,36+,37-,38-,39-,40+,41-,42?,43?,44-,45?,46-,47-,48-,49?,50?,51+,52-,53?,54+,55+,56+,57+,58+,59+,60-,62+/m1/s1. The fraction of sp³-hybridized carbons (Fsp3) is 0.984. The lowest BCUT2D eigenvalue weighted by Crippen LogP contribution is -2.70. The number of ether oxygens (including phenoxy) is 17. The third kappa shape index (κ3) is 18.0. The quantitative estimate of drug-likeness (QED) is 0.0346. The summed E-state index contributed by atoms with van der Waals surface area (Å²) >= 11 is 0. The van der Waals surface area contributed by atoms with Gasteiger partial charge in [0.25, 0.3) is 5.79 Å². The molecule has 9 aliphatic heterocycles. The van der Waals surface area contributed by atoms with E-state index in [9.17, 15) is 132 Å². The fourth-order valence-corrected chi connectivity index (χ4v) is 14.5. The van der Waals surface area contributed by atoms with Crippen molar-refractivity contribution in [3.63, 3.8) is 0 Å². The Kier molecular flexibility index (Phi) is 30.9. The van der Waals surface area contributed by atoms with Gasteiger partial charge in [-0.3, -0.25) is 0 Å². The molecule has 618 valence electrons. The highest BCUT2D eigenvalue weighted by molar-refractivity contribution is 5.76. The number of hydrogen-bond acceptors (Lipinski definition) is 43. The van der Waals surface area contributed by atoms with Crippen molar-refractivity contribution in [3.8, 4) is 0 Å². The minimum absolute atomic E-state index is 0.528. The summed E-state index contributed by atoms with van der Waals surface area (Å²) in [5, 5.41) is 275. The number of aliphatic hydroxyl groups excluding tert-OH is 24. The van der Waals surface area contributed by atoms with Crippen LogP contribution in [0.2, 0.25) is 0 Å². The lowest BCUT2D eigenvalue weighted by atomic mass is 9.88. The maximum atomic E-state index is 13.0. The molecule has 17 unspecified atom stereocenters. The first-order valence-corrected chi connectivity index (χ1v) is 35.0. The molecular formula is C62H107NO43. The Morgan fingerprint density at radius 3 is 1.21 bits per heavy atom. The van der Waals surface area contributed by atoms with Crippen LogP contribution in [0.15, 0.2) is 0 Å². The van der Waals surface area contributed by atoms with E-state index in [1.165, 1.54) is 20.8 Å². The largest absolute Gasteiger partial charge is 0.477 e. The number of rotatable bonds is 28. The zero-order valence-corrected chi connectivity index (χ0v) is 58.2. The van der Waals surface area contributed by atoms with E-state index in [0.717, 1.165) is 0 Å². The second-order valence-electron chi connectivity index (χ2n) is 28.5. The summed E-state index contributed by atoms with van der Waals surface area (Å²) in [6, 6.07) is -1.62. The Hall–Kier alpha value is -2.21. The summed E-state index contributed by atoms with van der Waals surface area (Å²) in [5.41, 5.74) is 5.99. The van der Waals surface area contributed by atoms with Gasteiger partial charge in [0.2, 0.25) is 0 Å². The van der Waals surface area contributed by atoms with Gasteiger partial charge in [0, 0.05) is 30.1 Å². The zero-order chi connectivity index (χ0) is 78.1. The second-order valence-corrected chi connectivity index (χ2v) is 28.5. The van der Waals surface area contributed by atoms with Crippen LogP contribution < -0.4 is 5.73 Å². The van der Waals surface area contributed by atoms with Crippen molar-refractivity contribution in [2.75, 3.05) is 59.5 Å². The summed E-state index contributed by atoms with van der Waals surface area (Å²) < 4.78 is 102. The zero-order valence-electron chi connectivity index (χ0n) is 58.2. The molecule has 9 aliphatic rings. The molecule has 0 aromatic heterocycles. The molecule has 106 heavy (non-hydrogen) atoms. The molecule has 27 N–H and O–H groups in total. The van der Waals surface area contributed by atoms with Crippen LogP contribution in [-0.4, -0.2) is 450 Å². The molecule has 0 aromatic rings. The Balaban J connectivity index is 0.967. The molecule has 0 saturated carbocycles. The van der Waals surface area contributed by atoms with E-state index in [-0.39, 0.29) is 0 Å². The normalized spacial score (nSPS) is 51.9. The molecule has 0 aliphatic carbocycles. The van der Waals surface area contributed by atoms with Gasteiger partial charge in [0.15, 0.2) is 44.0 Å². The van der Waals surface area contributed by atoms with Gasteiger partial charge < -0.3 is 214 Å². The fourth-order valence-electron chi connectivity index (χ4n) is 14.5. The summed E-state index contributed by atoms with van der Waals surface area (Å²) in [5.74, 6) is -9.45. The van der Waals surface area contributed by atoms with Gasteiger partial charge in [-0.25, -0.2) is 4.79 Å². The minimum Gasteiger partial charge on any atom is -0.477 e. The second kappa shape index (κ2) is 37.4. The molecule has 0 aromatic carbocycles. The van der Waals surface area contributed by atoms with Crippen LogP contribution in [0.3, 0.4) is 0 Å². The third-order valence-electron chi connectivity index (χ3n) is 21.5. The maximum Gasteiger partial charge on any atom is 0.364 e. The Labute approximate surface area is 604 Å². The van der Waals surface area contributed by atoms with Crippen molar-refractivity contribution in [1.82, 2.24) is 0 Å². The van der Waals surface area contributed by atoms with Gasteiger partial charge in [0.05, 0.1) is 102 Å². The van der Waals surface area contributed by atoms with Crippen molar-refractivity contribution < 1.29 is 213 Å². The minimum atomic E-state index is -3.13. The summed E-state index contributed by atoms with van der Waals surface area (Å²) in [6.45, 7) is -1.42. The molecule has 0 amide bonds. The SMILES string of the molecule is CC1C(O)[C@H](O[C@@H]2OC(CO)[C@H](O)[C@H](O[C@]3(C(=O)O)C[C@@H](O)[C@@H](N)C([C@@H](O)[C@H](O)CO)O3)C2O)[C@H](CO)O[C@H]1O[C@@H]1C(O)[C@H](O)C(CO)O[C@@H]1OCC1O[C@@H](O[C@@H]2C(CO)O[C@@H](O[C@@H]3C(CO)O[C@@H](C)[C@@H](C)C3O)[C@@H](C)C2O)[C@H](O)C(O[C@H]2O[C@H](CO)[C@@H](O)C(O)C2O[C@@H]2OC(CO)[C@@H](O)C(O)[C@@H]2C)[C@@H]1O. The van der Waals surface area contributed by atoms with Crippen molar-refractivity contribution in [1.29, 1.82) is 0 Å². The molecule has 0 radical (unpaired) electrons. The van der Waals surface area contributed by atoms with Crippen LogP contribution >= 0.6 is 0 Å². The number of carboxylic acids is 1. The predicted molar refractivity (Wildman–Crippen MR) is 332 cm³/mol. The lowest BCUT2D eigenvalue weighted by molar-refractivity contribution is -0.400. The highest BCUT2D eigenvalue weighted by Crippen LogP contribution is 2.43. The van der Waals surface area contributed by atoms with Crippen LogP contribution in [0.1, 0.15) is 41.0 Å². The first-order valence-electron chi connectivity index (χ1n) is 35.0. The molecule has 46 atom stereocenters. The molecule has 0 spiro atoms. The molecule has 9 heterocycles. The monoisotopic (exact) mass is 1550 g/mol. The Bertz CT molecular complexity index is 2690. The van der Waals surface area contributed by atoms with Crippen LogP contribution in [0.25, 0.3) is 0 Å². The van der Waals surface area contributed by atoms with E-state index in [2.05, 4.69) is 0 Å². The molecular weight excluding hydrogens is 1450 g/mol. The van der Waals surface area contributed by atoms with Gasteiger partial charge in [-0.1, -0.05) is 27.7 Å². The van der Waals surface area contributed by atoms with E-state index in [1.54, 1.807) is 13.8 Å². The van der Waals surface area contributed by atoms with Gasteiger partial charge in [-0.05, 0) is 6.92 Å². The van der Waals surface area contributed by atoms with Gasteiger partial charge in [0.1, 0.15) is 165 Å². The average Bonchev–Trinajstić information content (AvgIpc) is 0.760. The number of carboxylic acid groups (broad SMARTS) is 1.